The van der Waals surface area contributed by atoms with Crippen molar-refractivity contribution < 1.29 is 12.8 Å². The predicted octanol–water partition coefficient (Wildman–Crippen LogP) is 5.45. The topological polar surface area (TPSA) is 56.1 Å². The van der Waals surface area contributed by atoms with Gasteiger partial charge >= 0.3 is 0 Å². The fraction of sp³-hybridized carbons (Fsp3) is 0.192. The van der Waals surface area contributed by atoms with Gasteiger partial charge in [-0.15, -0.1) is 0 Å². The maximum atomic E-state index is 14.0. The lowest BCUT2D eigenvalue weighted by Gasteiger charge is -2.15. The van der Waals surface area contributed by atoms with Gasteiger partial charge in [-0.25, -0.2) is 12.8 Å². The molecule has 0 radical (unpaired) electrons. The third-order valence-electron chi connectivity index (χ3n) is 5.76. The fourth-order valence-electron chi connectivity index (χ4n) is 3.80. The summed E-state index contributed by atoms with van der Waals surface area (Å²) >= 11 is 0. The first-order valence-electron chi connectivity index (χ1n) is 10.4. The molecular formula is C26H24FNO3S. The van der Waals surface area contributed by atoms with Crippen LogP contribution in [0.5, 0.6) is 0 Å². The molecule has 0 bridgehead atoms. The summed E-state index contributed by atoms with van der Waals surface area (Å²) in [6, 6.07) is 18.2. The number of benzene rings is 3. The summed E-state index contributed by atoms with van der Waals surface area (Å²) in [4.78, 5) is 12.9. The predicted molar refractivity (Wildman–Crippen MR) is 124 cm³/mol. The van der Waals surface area contributed by atoms with E-state index in [2.05, 4.69) is 0 Å². The van der Waals surface area contributed by atoms with E-state index in [0.717, 1.165) is 22.8 Å². The Balaban J connectivity index is 1.94. The van der Waals surface area contributed by atoms with Gasteiger partial charge in [-0.2, -0.15) is 0 Å². The molecule has 4 nitrogen and oxygen atoms in total. The van der Waals surface area contributed by atoms with Crippen LogP contribution >= 0.6 is 0 Å². The van der Waals surface area contributed by atoms with Crippen LogP contribution in [0.4, 0.5) is 4.39 Å². The van der Waals surface area contributed by atoms with Gasteiger partial charge in [0.2, 0.25) is 15.3 Å². The molecule has 164 valence electrons. The molecule has 0 unspecified atom stereocenters. The number of aromatic nitrogens is 1. The Labute approximate surface area is 186 Å². The average Bonchev–Trinajstić information content (AvgIpc) is 2.77. The van der Waals surface area contributed by atoms with Gasteiger partial charge in [-0.05, 0) is 59.9 Å². The third kappa shape index (κ3) is 3.98. The molecule has 0 fully saturated rings. The SMILES string of the molecule is Cc1ccccc1Cn1cc(S(=O)(=O)c2ccc(C(C)C)cc2)c(=O)c2cc(F)ccc21. The molecule has 0 spiro atoms. The van der Waals surface area contributed by atoms with Crippen LogP contribution in [0.25, 0.3) is 10.9 Å². The van der Waals surface area contributed by atoms with Crippen molar-refractivity contribution in [2.24, 2.45) is 0 Å². The number of sulfone groups is 1. The van der Waals surface area contributed by atoms with Crippen LogP contribution in [0.3, 0.4) is 0 Å². The molecule has 32 heavy (non-hydrogen) atoms. The minimum absolute atomic E-state index is 0.0391. The van der Waals surface area contributed by atoms with Crippen molar-refractivity contribution in [3.63, 3.8) is 0 Å². The van der Waals surface area contributed by atoms with E-state index in [0.29, 0.717) is 12.1 Å². The van der Waals surface area contributed by atoms with E-state index in [1.165, 1.54) is 30.5 Å². The van der Waals surface area contributed by atoms with Crippen molar-refractivity contribution in [3.05, 3.63) is 106 Å². The molecule has 0 atom stereocenters. The van der Waals surface area contributed by atoms with E-state index >= 15 is 0 Å². The standard InChI is InChI=1S/C26H24FNO3S/c1-17(2)19-8-11-22(12-9-19)32(30,31)25-16-28(15-20-7-5-4-6-18(20)3)24-13-10-21(27)14-23(24)26(25)29/h4-14,16-17H,15H2,1-3H3. The van der Waals surface area contributed by atoms with Crippen LogP contribution in [0.2, 0.25) is 0 Å². The van der Waals surface area contributed by atoms with Crippen molar-refractivity contribution in [2.75, 3.05) is 0 Å². The summed E-state index contributed by atoms with van der Waals surface area (Å²) in [7, 11) is -4.10. The zero-order chi connectivity index (χ0) is 23.0. The second-order valence-corrected chi connectivity index (χ2v) is 10.2. The molecular weight excluding hydrogens is 425 g/mol. The van der Waals surface area contributed by atoms with Crippen molar-refractivity contribution >= 4 is 20.7 Å². The highest BCUT2D eigenvalue weighted by Gasteiger charge is 2.24. The Bertz CT molecular complexity index is 1470. The molecule has 1 heterocycles. The normalized spacial score (nSPS) is 11.9. The van der Waals surface area contributed by atoms with Crippen LogP contribution < -0.4 is 5.43 Å². The lowest BCUT2D eigenvalue weighted by Crippen LogP contribution is -2.20. The van der Waals surface area contributed by atoms with Crippen LogP contribution in [-0.2, 0) is 16.4 Å². The van der Waals surface area contributed by atoms with Gasteiger partial charge in [0.05, 0.1) is 10.4 Å². The molecule has 0 aliphatic rings. The molecule has 4 aromatic rings. The van der Waals surface area contributed by atoms with Crippen molar-refractivity contribution in [3.8, 4) is 0 Å². The quantitative estimate of drug-likeness (QED) is 0.407. The first-order chi connectivity index (χ1) is 15.2. The van der Waals surface area contributed by atoms with Gasteiger partial charge in [-0.1, -0.05) is 50.2 Å². The fourth-order valence-corrected chi connectivity index (χ4v) is 5.16. The molecule has 0 N–H and O–H groups in total. The van der Waals surface area contributed by atoms with Gasteiger partial charge in [0, 0.05) is 18.1 Å². The Morgan fingerprint density at radius 1 is 0.969 bits per heavy atom. The average molecular weight is 450 g/mol. The van der Waals surface area contributed by atoms with E-state index < -0.39 is 21.1 Å². The minimum atomic E-state index is -4.10. The van der Waals surface area contributed by atoms with Crippen LogP contribution in [0.15, 0.2) is 87.5 Å². The van der Waals surface area contributed by atoms with Gasteiger partial charge in [0.25, 0.3) is 0 Å². The highest BCUT2D eigenvalue weighted by Crippen LogP contribution is 2.25. The van der Waals surface area contributed by atoms with E-state index in [-0.39, 0.29) is 21.1 Å². The Hall–Kier alpha value is -3.25. The molecule has 1 aromatic heterocycles. The summed E-state index contributed by atoms with van der Waals surface area (Å²) < 4.78 is 42.6. The third-order valence-corrected chi connectivity index (χ3v) is 7.52. The number of hydrogen-bond donors (Lipinski definition) is 0. The summed E-state index contributed by atoms with van der Waals surface area (Å²) in [5, 5.41) is 0.0402. The molecule has 0 saturated heterocycles. The minimum Gasteiger partial charge on any atom is -0.341 e. The van der Waals surface area contributed by atoms with Gasteiger partial charge in [-0.3, -0.25) is 4.79 Å². The lowest BCUT2D eigenvalue weighted by atomic mass is 10.0. The second kappa shape index (κ2) is 8.36. The number of hydrogen-bond acceptors (Lipinski definition) is 3. The summed E-state index contributed by atoms with van der Waals surface area (Å²) in [5.41, 5.74) is 2.80. The highest BCUT2D eigenvalue weighted by atomic mass is 32.2. The number of nitrogens with zero attached hydrogens (tertiary/aromatic N) is 1. The Morgan fingerprint density at radius 3 is 2.31 bits per heavy atom. The summed E-state index contributed by atoms with van der Waals surface area (Å²) in [5.74, 6) is -0.338. The molecule has 6 heteroatoms. The molecule has 0 amide bonds. The molecule has 3 aromatic carbocycles. The van der Waals surface area contributed by atoms with Crippen LogP contribution in [0.1, 0.15) is 36.5 Å². The smallest absolute Gasteiger partial charge is 0.211 e. The van der Waals surface area contributed by atoms with Gasteiger partial charge in [0.15, 0.2) is 0 Å². The van der Waals surface area contributed by atoms with E-state index in [1.807, 2.05) is 45.0 Å². The number of aryl methyl sites for hydroxylation is 1. The van der Waals surface area contributed by atoms with Crippen LogP contribution in [-0.4, -0.2) is 13.0 Å². The lowest BCUT2D eigenvalue weighted by molar-refractivity contribution is 0.593. The van der Waals surface area contributed by atoms with Gasteiger partial charge in [0.1, 0.15) is 10.7 Å². The first-order valence-corrected chi connectivity index (χ1v) is 11.9. The zero-order valence-corrected chi connectivity index (χ0v) is 19.0. The summed E-state index contributed by atoms with van der Waals surface area (Å²) in [6.07, 6.45) is 1.38. The van der Waals surface area contributed by atoms with E-state index in [9.17, 15) is 17.6 Å². The highest BCUT2D eigenvalue weighted by molar-refractivity contribution is 7.91. The first kappa shape index (κ1) is 22.0. The van der Waals surface area contributed by atoms with Gasteiger partial charge < -0.3 is 4.57 Å². The largest absolute Gasteiger partial charge is 0.341 e. The molecule has 0 saturated carbocycles. The van der Waals surface area contributed by atoms with Crippen molar-refractivity contribution in [1.29, 1.82) is 0 Å². The molecule has 0 aliphatic heterocycles. The number of pyridine rings is 1. The van der Waals surface area contributed by atoms with E-state index in [4.69, 9.17) is 0 Å². The van der Waals surface area contributed by atoms with Crippen molar-refractivity contribution in [2.45, 2.75) is 43.0 Å². The Kier molecular flexibility index (Phi) is 5.73. The molecule has 0 aliphatic carbocycles. The maximum absolute atomic E-state index is 14.0. The monoisotopic (exact) mass is 449 g/mol. The number of fused-ring (bicyclic) bond motifs is 1. The summed E-state index contributed by atoms with van der Waals surface area (Å²) in [6.45, 7) is 6.36. The van der Waals surface area contributed by atoms with Crippen LogP contribution in [0, 0.1) is 12.7 Å². The van der Waals surface area contributed by atoms with Crippen molar-refractivity contribution in [1.82, 2.24) is 4.57 Å². The van der Waals surface area contributed by atoms with E-state index in [1.54, 1.807) is 16.7 Å². The zero-order valence-electron chi connectivity index (χ0n) is 18.2. The maximum Gasteiger partial charge on any atom is 0.211 e. The number of halogens is 1. The Morgan fingerprint density at radius 2 is 1.66 bits per heavy atom. The molecule has 4 rings (SSSR count). The number of rotatable bonds is 5. The second-order valence-electron chi connectivity index (χ2n) is 8.27.